The standard InChI is InChI=1S/C14H24N4O.2ClH/c1-10(2)9-18-6-5-16-13(18)8-17-14(19)11-3-4-12(15)7-11;;/h5-6,10-12H,3-4,7-9,15H2,1-2H3,(H,17,19);2*1H. The zero-order chi connectivity index (χ0) is 13.8. The summed E-state index contributed by atoms with van der Waals surface area (Å²) in [5.41, 5.74) is 5.84. The molecule has 0 radical (unpaired) electrons. The monoisotopic (exact) mass is 336 g/mol. The Kier molecular flexibility index (Phi) is 8.94. The van der Waals surface area contributed by atoms with Crippen molar-refractivity contribution in [3.05, 3.63) is 18.2 Å². The van der Waals surface area contributed by atoms with Crippen molar-refractivity contribution in [2.24, 2.45) is 17.6 Å². The number of nitrogens with one attached hydrogen (secondary N) is 1. The minimum absolute atomic E-state index is 0. The van der Waals surface area contributed by atoms with E-state index in [1.807, 2.05) is 6.20 Å². The minimum Gasteiger partial charge on any atom is -0.349 e. The van der Waals surface area contributed by atoms with E-state index in [2.05, 4.69) is 28.7 Å². The van der Waals surface area contributed by atoms with Crippen molar-refractivity contribution in [3.8, 4) is 0 Å². The SMILES string of the molecule is CC(C)Cn1ccnc1CNC(=O)C1CCC(N)C1.Cl.Cl. The molecule has 1 aromatic heterocycles. The fraction of sp³-hybridized carbons (Fsp3) is 0.714. The Labute approximate surface area is 138 Å². The molecule has 1 heterocycles. The van der Waals surface area contributed by atoms with Gasteiger partial charge in [0.2, 0.25) is 5.91 Å². The van der Waals surface area contributed by atoms with Crippen molar-refractivity contribution in [1.82, 2.24) is 14.9 Å². The Hall–Kier alpha value is -0.780. The van der Waals surface area contributed by atoms with E-state index in [9.17, 15) is 4.79 Å². The summed E-state index contributed by atoms with van der Waals surface area (Å²) >= 11 is 0. The van der Waals surface area contributed by atoms with E-state index in [1.54, 1.807) is 6.20 Å². The number of carbonyl (C=O) groups excluding carboxylic acids is 1. The van der Waals surface area contributed by atoms with Gasteiger partial charge in [-0.25, -0.2) is 4.98 Å². The second kappa shape index (κ2) is 9.28. The van der Waals surface area contributed by atoms with Gasteiger partial charge >= 0.3 is 0 Å². The molecule has 0 spiro atoms. The van der Waals surface area contributed by atoms with Crippen LogP contribution in [0.4, 0.5) is 0 Å². The van der Waals surface area contributed by atoms with Gasteiger partial charge in [-0.2, -0.15) is 0 Å². The molecule has 2 atom stereocenters. The van der Waals surface area contributed by atoms with E-state index in [0.717, 1.165) is 31.6 Å². The highest BCUT2D eigenvalue weighted by Crippen LogP contribution is 2.24. The lowest BCUT2D eigenvalue weighted by Gasteiger charge is -2.13. The number of amides is 1. The summed E-state index contributed by atoms with van der Waals surface area (Å²) in [4.78, 5) is 16.3. The molecule has 1 amide bonds. The molecule has 0 aromatic carbocycles. The fourth-order valence-electron chi connectivity index (χ4n) is 2.63. The third-order valence-electron chi connectivity index (χ3n) is 3.63. The molecule has 1 fully saturated rings. The van der Waals surface area contributed by atoms with Crippen LogP contribution < -0.4 is 11.1 Å². The van der Waals surface area contributed by atoms with Gasteiger partial charge in [0.15, 0.2) is 0 Å². The number of rotatable bonds is 5. The Morgan fingerprint density at radius 1 is 1.48 bits per heavy atom. The van der Waals surface area contributed by atoms with Crippen LogP contribution >= 0.6 is 24.8 Å². The van der Waals surface area contributed by atoms with Crippen molar-refractivity contribution >= 4 is 30.7 Å². The highest BCUT2D eigenvalue weighted by atomic mass is 35.5. The number of nitrogens with zero attached hydrogens (tertiary/aromatic N) is 2. The second-order valence-electron chi connectivity index (χ2n) is 5.88. The van der Waals surface area contributed by atoms with E-state index in [0.29, 0.717) is 12.5 Å². The summed E-state index contributed by atoms with van der Waals surface area (Å²) in [6, 6.07) is 0.193. The Bertz CT molecular complexity index is 436. The lowest BCUT2D eigenvalue weighted by molar-refractivity contribution is -0.125. The first-order valence-corrected chi connectivity index (χ1v) is 7.09. The van der Waals surface area contributed by atoms with E-state index in [-0.39, 0.29) is 42.7 Å². The maximum Gasteiger partial charge on any atom is 0.223 e. The number of carbonyl (C=O) groups is 1. The molecule has 1 aliphatic rings. The number of halogens is 2. The third-order valence-corrected chi connectivity index (χ3v) is 3.63. The minimum atomic E-state index is 0. The van der Waals surface area contributed by atoms with E-state index >= 15 is 0 Å². The van der Waals surface area contributed by atoms with Gasteiger partial charge in [0.1, 0.15) is 5.82 Å². The van der Waals surface area contributed by atoms with Gasteiger partial charge in [0.25, 0.3) is 0 Å². The Morgan fingerprint density at radius 2 is 2.19 bits per heavy atom. The van der Waals surface area contributed by atoms with Crippen LogP contribution in [0.15, 0.2) is 12.4 Å². The number of nitrogens with two attached hydrogens (primary N) is 1. The van der Waals surface area contributed by atoms with Crippen LogP contribution in [-0.4, -0.2) is 21.5 Å². The molecule has 0 aliphatic heterocycles. The molecule has 3 N–H and O–H groups in total. The molecule has 2 unspecified atom stereocenters. The first-order valence-electron chi connectivity index (χ1n) is 7.09. The van der Waals surface area contributed by atoms with Gasteiger partial charge in [0.05, 0.1) is 6.54 Å². The van der Waals surface area contributed by atoms with Gasteiger partial charge in [-0.3, -0.25) is 4.79 Å². The Balaban J connectivity index is 0.00000200. The fourth-order valence-corrected chi connectivity index (χ4v) is 2.63. The average molecular weight is 337 g/mol. The predicted molar refractivity (Wildman–Crippen MR) is 88.7 cm³/mol. The first kappa shape index (κ1) is 20.2. The third kappa shape index (κ3) is 5.85. The van der Waals surface area contributed by atoms with Crippen LogP contribution in [-0.2, 0) is 17.9 Å². The maximum absolute atomic E-state index is 12.0. The van der Waals surface area contributed by atoms with Crippen molar-refractivity contribution in [1.29, 1.82) is 0 Å². The Morgan fingerprint density at radius 3 is 2.76 bits per heavy atom. The van der Waals surface area contributed by atoms with Crippen LogP contribution in [0.5, 0.6) is 0 Å². The number of hydrogen-bond acceptors (Lipinski definition) is 3. The van der Waals surface area contributed by atoms with Crippen LogP contribution in [0.25, 0.3) is 0 Å². The van der Waals surface area contributed by atoms with Gasteiger partial charge in [0, 0.05) is 30.9 Å². The maximum atomic E-state index is 12.0. The van der Waals surface area contributed by atoms with Crippen LogP contribution in [0.3, 0.4) is 0 Å². The molecule has 2 rings (SSSR count). The van der Waals surface area contributed by atoms with E-state index < -0.39 is 0 Å². The van der Waals surface area contributed by atoms with Crippen LogP contribution in [0, 0.1) is 11.8 Å². The lowest BCUT2D eigenvalue weighted by atomic mass is 10.1. The summed E-state index contributed by atoms with van der Waals surface area (Å²) in [7, 11) is 0. The molecular formula is C14H26Cl2N4O. The molecular weight excluding hydrogens is 311 g/mol. The van der Waals surface area contributed by atoms with Gasteiger partial charge in [-0.15, -0.1) is 24.8 Å². The predicted octanol–water partition coefficient (Wildman–Crippen LogP) is 2.13. The molecule has 7 heteroatoms. The average Bonchev–Trinajstić information content (AvgIpc) is 2.95. The van der Waals surface area contributed by atoms with Crippen molar-refractivity contribution in [2.45, 2.75) is 52.2 Å². The molecule has 5 nitrogen and oxygen atoms in total. The zero-order valence-electron chi connectivity index (χ0n) is 12.6. The number of imidazole rings is 1. The van der Waals surface area contributed by atoms with E-state index in [1.165, 1.54) is 0 Å². The van der Waals surface area contributed by atoms with Gasteiger partial charge < -0.3 is 15.6 Å². The number of hydrogen-bond donors (Lipinski definition) is 2. The van der Waals surface area contributed by atoms with Gasteiger partial charge in [-0.1, -0.05) is 13.8 Å². The lowest BCUT2D eigenvalue weighted by Crippen LogP contribution is -2.31. The van der Waals surface area contributed by atoms with Crippen LogP contribution in [0.2, 0.25) is 0 Å². The molecule has 1 saturated carbocycles. The summed E-state index contributed by atoms with van der Waals surface area (Å²) < 4.78 is 2.10. The molecule has 21 heavy (non-hydrogen) atoms. The molecule has 122 valence electrons. The van der Waals surface area contributed by atoms with Gasteiger partial charge in [-0.05, 0) is 25.2 Å². The summed E-state index contributed by atoms with van der Waals surface area (Å²) in [6.07, 6.45) is 6.43. The smallest absolute Gasteiger partial charge is 0.223 e. The second-order valence-corrected chi connectivity index (χ2v) is 5.88. The molecule has 1 aromatic rings. The molecule has 0 saturated heterocycles. The van der Waals surface area contributed by atoms with Crippen molar-refractivity contribution < 1.29 is 4.79 Å². The molecule has 0 bridgehead atoms. The van der Waals surface area contributed by atoms with Crippen molar-refractivity contribution in [2.75, 3.05) is 0 Å². The highest BCUT2D eigenvalue weighted by Gasteiger charge is 2.27. The number of aromatic nitrogens is 2. The highest BCUT2D eigenvalue weighted by molar-refractivity contribution is 5.85. The molecule has 1 aliphatic carbocycles. The first-order chi connectivity index (χ1) is 9.06. The van der Waals surface area contributed by atoms with Crippen molar-refractivity contribution in [3.63, 3.8) is 0 Å². The van der Waals surface area contributed by atoms with Crippen LogP contribution in [0.1, 0.15) is 38.9 Å². The summed E-state index contributed by atoms with van der Waals surface area (Å²) in [6.45, 7) is 5.77. The van der Waals surface area contributed by atoms with E-state index in [4.69, 9.17) is 5.73 Å². The zero-order valence-corrected chi connectivity index (χ0v) is 14.3. The largest absolute Gasteiger partial charge is 0.349 e. The summed E-state index contributed by atoms with van der Waals surface area (Å²) in [5, 5.41) is 2.98. The normalized spacial score (nSPS) is 20.8. The topological polar surface area (TPSA) is 72.9 Å². The summed E-state index contributed by atoms with van der Waals surface area (Å²) in [5.74, 6) is 1.69. The quantitative estimate of drug-likeness (QED) is 0.864.